The third kappa shape index (κ3) is 8.68. The molecule has 11 heteroatoms. The molecule has 0 atom stereocenters. The molecule has 2 aromatic carbocycles. The summed E-state index contributed by atoms with van der Waals surface area (Å²) in [6, 6.07) is 15.4. The summed E-state index contributed by atoms with van der Waals surface area (Å²) < 4.78 is 5.25. The van der Waals surface area contributed by atoms with E-state index in [1.165, 1.54) is 0 Å². The molecule has 206 valence electrons. The first-order chi connectivity index (χ1) is 18.7. The summed E-state index contributed by atoms with van der Waals surface area (Å²) in [6.07, 6.45) is 0.928. The van der Waals surface area contributed by atoms with Crippen molar-refractivity contribution in [1.29, 1.82) is 0 Å². The molecule has 0 spiro atoms. The van der Waals surface area contributed by atoms with Gasteiger partial charge in [-0.05, 0) is 48.4 Å². The number of halogens is 1. The van der Waals surface area contributed by atoms with Gasteiger partial charge in [0.2, 0.25) is 0 Å². The van der Waals surface area contributed by atoms with E-state index in [9.17, 15) is 24.3 Å². The van der Waals surface area contributed by atoms with Gasteiger partial charge in [-0.15, -0.1) is 0 Å². The first-order valence-corrected chi connectivity index (χ1v) is 12.9. The van der Waals surface area contributed by atoms with Crippen LogP contribution in [0.4, 0.5) is 9.59 Å². The van der Waals surface area contributed by atoms with Crippen molar-refractivity contribution in [2.75, 3.05) is 13.1 Å². The molecule has 0 bridgehead atoms. The Morgan fingerprint density at radius 3 is 2.31 bits per heavy atom. The fraction of sp³-hybridized carbons (Fsp3) is 0.321. The van der Waals surface area contributed by atoms with Gasteiger partial charge < -0.3 is 14.8 Å². The molecule has 2 N–H and O–H groups in total. The number of carboxylic acid groups (broad SMARTS) is 1. The van der Waals surface area contributed by atoms with Gasteiger partial charge in [-0.1, -0.05) is 67.9 Å². The zero-order chi connectivity index (χ0) is 28.4. The molecule has 0 aliphatic rings. The summed E-state index contributed by atoms with van der Waals surface area (Å²) in [5.74, 6) is -1.86. The lowest BCUT2D eigenvalue weighted by Gasteiger charge is -2.26. The van der Waals surface area contributed by atoms with Crippen LogP contribution < -0.4 is 5.32 Å². The van der Waals surface area contributed by atoms with Crippen molar-refractivity contribution >= 4 is 35.5 Å². The molecule has 0 radical (unpaired) electrons. The standard InChI is InChI=1S/C28H31ClN4O6/c1-19(2)14-16-33(28(37)38)27(36)32(15-6-9-20-7-4-3-5-8-20)26(35)25-31-23(18-39-25)24(34)30-17-21-10-12-22(29)13-11-21/h3-5,7-8,10-13,18-19H,6,9,14-17H2,1-2H3,(H,30,34)(H,37,38). The Morgan fingerprint density at radius 2 is 1.67 bits per heavy atom. The van der Waals surface area contributed by atoms with Crippen molar-refractivity contribution in [3.63, 3.8) is 0 Å². The van der Waals surface area contributed by atoms with E-state index in [-0.39, 0.29) is 31.2 Å². The van der Waals surface area contributed by atoms with Crippen LogP contribution in [0.3, 0.4) is 0 Å². The van der Waals surface area contributed by atoms with Crippen LogP contribution in [-0.2, 0) is 13.0 Å². The summed E-state index contributed by atoms with van der Waals surface area (Å²) in [6.45, 7) is 3.86. The highest BCUT2D eigenvalue weighted by Crippen LogP contribution is 2.14. The largest absolute Gasteiger partial charge is 0.465 e. The van der Waals surface area contributed by atoms with Gasteiger partial charge in [-0.3, -0.25) is 14.5 Å². The van der Waals surface area contributed by atoms with Crippen LogP contribution in [0.2, 0.25) is 5.02 Å². The smallest absolute Gasteiger partial charge is 0.415 e. The van der Waals surface area contributed by atoms with E-state index in [0.29, 0.717) is 29.2 Å². The second-order valence-electron chi connectivity index (χ2n) is 9.29. The van der Waals surface area contributed by atoms with Crippen molar-refractivity contribution in [3.05, 3.63) is 88.6 Å². The number of hydrogen-bond donors (Lipinski definition) is 2. The van der Waals surface area contributed by atoms with Gasteiger partial charge in [0.25, 0.3) is 11.8 Å². The fourth-order valence-corrected chi connectivity index (χ4v) is 3.77. The highest BCUT2D eigenvalue weighted by molar-refractivity contribution is 6.30. The van der Waals surface area contributed by atoms with Gasteiger partial charge in [-0.25, -0.2) is 14.5 Å². The van der Waals surface area contributed by atoms with Crippen LogP contribution in [0.5, 0.6) is 0 Å². The molecule has 0 saturated carbocycles. The molecule has 5 amide bonds. The van der Waals surface area contributed by atoms with E-state index < -0.39 is 29.8 Å². The third-order valence-corrected chi connectivity index (χ3v) is 6.10. The number of nitrogens with zero attached hydrogens (tertiary/aromatic N) is 3. The van der Waals surface area contributed by atoms with E-state index in [2.05, 4.69) is 10.3 Å². The molecular formula is C28H31ClN4O6. The van der Waals surface area contributed by atoms with Crippen molar-refractivity contribution in [1.82, 2.24) is 20.1 Å². The Kier molecular flexibility index (Phi) is 10.6. The molecule has 1 aromatic heterocycles. The lowest BCUT2D eigenvalue weighted by molar-refractivity contribution is 0.0715. The average Bonchev–Trinajstić information content (AvgIpc) is 3.41. The van der Waals surface area contributed by atoms with Crippen molar-refractivity contribution in [2.45, 2.75) is 39.7 Å². The number of rotatable bonds is 11. The summed E-state index contributed by atoms with van der Waals surface area (Å²) >= 11 is 5.88. The molecule has 39 heavy (non-hydrogen) atoms. The second kappa shape index (κ2) is 14.1. The normalized spacial score (nSPS) is 10.8. The maximum absolute atomic E-state index is 13.3. The van der Waals surface area contributed by atoms with Crippen LogP contribution in [0, 0.1) is 5.92 Å². The quantitative estimate of drug-likeness (QED) is 0.320. The van der Waals surface area contributed by atoms with Crippen LogP contribution in [-0.4, -0.2) is 56.9 Å². The summed E-state index contributed by atoms with van der Waals surface area (Å²) in [4.78, 5) is 56.4. The third-order valence-electron chi connectivity index (χ3n) is 5.84. The molecule has 1 heterocycles. The SMILES string of the molecule is CC(C)CCN(C(=O)O)C(=O)N(CCCc1ccccc1)C(=O)c1nc(C(=O)NCc2ccc(Cl)cc2)co1. The topological polar surface area (TPSA) is 133 Å². The molecule has 0 saturated heterocycles. The molecule has 0 aliphatic carbocycles. The average molecular weight is 555 g/mol. The number of urea groups is 1. The summed E-state index contributed by atoms with van der Waals surface area (Å²) in [5, 5.41) is 12.9. The zero-order valence-electron chi connectivity index (χ0n) is 21.8. The van der Waals surface area contributed by atoms with E-state index in [1.54, 1.807) is 24.3 Å². The number of benzene rings is 2. The van der Waals surface area contributed by atoms with Crippen molar-refractivity contribution in [3.8, 4) is 0 Å². The number of aryl methyl sites for hydroxylation is 1. The summed E-state index contributed by atoms with van der Waals surface area (Å²) in [7, 11) is 0. The van der Waals surface area contributed by atoms with E-state index in [1.807, 2.05) is 44.2 Å². The molecular weight excluding hydrogens is 524 g/mol. The summed E-state index contributed by atoms with van der Waals surface area (Å²) in [5.41, 5.74) is 1.65. The number of carbonyl (C=O) groups excluding carboxylic acids is 3. The molecule has 0 unspecified atom stereocenters. The van der Waals surface area contributed by atoms with Gasteiger partial charge in [0.15, 0.2) is 5.69 Å². The molecule has 3 rings (SSSR count). The Hall–Kier alpha value is -4.18. The number of nitrogens with one attached hydrogen (secondary N) is 1. The monoisotopic (exact) mass is 554 g/mol. The molecule has 0 fully saturated rings. The minimum atomic E-state index is -1.46. The van der Waals surface area contributed by atoms with Crippen LogP contribution in [0.25, 0.3) is 0 Å². The molecule has 10 nitrogen and oxygen atoms in total. The van der Waals surface area contributed by atoms with Gasteiger partial charge in [0.05, 0.1) is 0 Å². The Labute approximate surface area is 231 Å². The second-order valence-corrected chi connectivity index (χ2v) is 9.73. The van der Waals surface area contributed by atoms with Crippen molar-refractivity contribution < 1.29 is 28.7 Å². The van der Waals surface area contributed by atoms with Gasteiger partial charge in [0.1, 0.15) is 6.26 Å². The van der Waals surface area contributed by atoms with E-state index in [4.69, 9.17) is 16.0 Å². The number of amides is 5. The first kappa shape index (κ1) is 29.4. The van der Waals surface area contributed by atoms with Crippen LogP contribution in [0.1, 0.15) is 59.0 Å². The van der Waals surface area contributed by atoms with Gasteiger partial charge >= 0.3 is 18.0 Å². The number of oxazole rings is 1. The van der Waals surface area contributed by atoms with Gasteiger partial charge in [-0.2, -0.15) is 4.98 Å². The van der Waals surface area contributed by atoms with Crippen molar-refractivity contribution in [2.24, 2.45) is 5.92 Å². The minimum absolute atomic E-state index is 0.0709. The predicted molar refractivity (Wildman–Crippen MR) is 145 cm³/mol. The van der Waals surface area contributed by atoms with Crippen LogP contribution >= 0.6 is 11.6 Å². The Bertz CT molecular complexity index is 1280. The fourth-order valence-electron chi connectivity index (χ4n) is 3.64. The zero-order valence-corrected chi connectivity index (χ0v) is 22.6. The van der Waals surface area contributed by atoms with E-state index >= 15 is 0 Å². The first-order valence-electron chi connectivity index (χ1n) is 12.5. The number of carbonyl (C=O) groups is 4. The lowest BCUT2D eigenvalue weighted by Crippen LogP contribution is -2.49. The Balaban J connectivity index is 1.74. The maximum atomic E-state index is 13.3. The predicted octanol–water partition coefficient (Wildman–Crippen LogP) is 5.48. The minimum Gasteiger partial charge on any atom is -0.465 e. The number of aromatic nitrogens is 1. The highest BCUT2D eigenvalue weighted by Gasteiger charge is 2.33. The highest BCUT2D eigenvalue weighted by atomic mass is 35.5. The lowest BCUT2D eigenvalue weighted by atomic mass is 10.1. The van der Waals surface area contributed by atoms with Gasteiger partial charge in [0, 0.05) is 24.7 Å². The van der Waals surface area contributed by atoms with E-state index in [0.717, 1.165) is 22.3 Å². The van der Waals surface area contributed by atoms with Crippen LogP contribution in [0.15, 0.2) is 65.3 Å². The molecule has 3 aromatic rings. The number of hydrogen-bond acceptors (Lipinski definition) is 6. The maximum Gasteiger partial charge on any atom is 0.415 e. The number of imide groups is 2. The molecule has 0 aliphatic heterocycles. The Morgan fingerprint density at radius 1 is 0.974 bits per heavy atom.